The van der Waals surface area contributed by atoms with E-state index >= 15 is 4.39 Å². The number of nitrogens with zero attached hydrogens (tertiary/aromatic N) is 6. The number of anilines is 2. The molecule has 14 nitrogen and oxygen atoms in total. The van der Waals surface area contributed by atoms with E-state index in [1.807, 2.05) is 20.8 Å². The minimum Gasteiger partial charge on any atom is -0.494 e. The van der Waals surface area contributed by atoms with Gasteiger partial charge < -0.3 is 34.7 Å². The second kappa shape index (κ2) is 20.0. The summed E-state index contributed by atoms with van der Waals surface area (Å²) < 4.78 is 81.7. The molecule has 0 radical (unpaired) electrons. The van der Waals surface area contributed by atoms with Crippen LogP contribution in [0.1, 0.15) is 76.9 Å². The van der Waals surface area contributed by atoms with Crippen LogP contribution in [0.3, 0.4) is 0 Å². The van der Waals surface area contributed by atoms with Crippen molar-refractivity contribution in [1.82, 2.24) is 25.2 Å². The normalized spacial score (nSPS) is 17.6. The number of halogens is 5. The van der Waals surface area contributed by atoms with Crippen molar-refractivity contribution < 1.29 is 50.9 Å². The second-order valence-corrected chi connectivity index (χ2v) is 18.6. The maximum Gasteiger partial charge on any atom is 0.420 e. The molecule has 7 rings (SSSR count). The molecule has 362 valence electrons. The summed E-state index contributed by atoms with van der Waals surface area (Å²) >= 11 is 5.53. The highest BCUT2D eigenvalue weighted by Crippen LogP contribution is 2.42. The van der Waals surface area contributed by atoms with Crippen molar-refractivity contribution in [2.24, 2.45) is 5.41 Å². The van der Waals surface area contributed by atoms with Crippen LogP contribution in [0.4, 0.5) is 33.3 Å². The highest BCUT2D eigenvalue weighted by Gasteiger charge is 2.52. The molecule has 0 spiro atoms. The second-order valence-electron chi connectivity index (χ2n) is 18.2. The number of aromatic nitrogens is 3. The van der Waals surface area contributed by atoms with Crippen molar-refractivity contribution in [1.29, 1.82) is 5.26 Å². The van der Waals surface area contributed by atoms with Crippen LogP contribution < -0.4 is 19.9 Å². The first-order valence-corrected chi connectivity index (χ1v) is 22.4. The number of aliphatic hydroxyl groups excluding tert-OH is 1. The molecular weight excluding hydrogens is 924 g/mol. The summed E-state index contributed by atoms with van der Waals surface area (Å²) in [5.41, 5.74) is -2.70. The van der Waals surface area contributed by atoms with Gasteiger partial charge in [0.1, 0.15) is 41.1 Å². The number of aromatic amines is 1. The van der Waals surface area contributed by atoms with Gasteiger partial charge in [0.15, 0.2) is 10.9 Å². The molecule has 3 atom stereocenters. The van der Waals surface area contributed by atoms with Crippen molar-refractivity contribution in [2.75, 3.05) is 36.2 Å². The summed E-state index contributed by atoms with van der Waals surface area (Å²) in [6, 6.07) is 17.9. The molecule has 4 heterocycles. The van der Waals surface area contributed by atoms with Gasteiger partial charge in [0, 0.05) is 36.9 Å². The molecule has 3 N–H and O–H groups in total. The Morgan fingerprint density at radius 3 is 2.29 bits per heavy atom. The Kier molecular flexibility index (Phi) is 14.5. The third-order valence-electron chi connectivity index (χ3n) is 11.8. The molecule has 3 aromatic carbocycles. The molecule has 2 fully saturated rings. The number of aliphatic hydroxyl groups is 1. The SMILES string of the molecule is CC(C)(C)[C@H](NC(=O)COCCCCOc1ccc(-c2ccc(N3C(=S)N(c4ccc(C#N)c(C(F)(F)F)c4F)C(=O)C3(C)C)cn2)cc1)C(=O)N1C[C@H](O)C[C@H]1c1nc(-c2ccc(F)cc2)c[nH]1. The van der Waals surface area contributed by atoms with E-state index in [0.29, 0.717) is 58.6 Å². The van der Waals surface area contributed by atoms with Gasteiger partial charge in [-0.1, -0.05) is 20.8 Å². The lowest BCUT2D eigenvalue weighted by Gasteiger charge is -2.35. The average molecular weight is 973 g/mol. The maximum absolute atomic E-state index is 15.4. The summed E-state index contributed by atoms with van der Waals surface area (Å²) in [5, 5.41) is 22.3. The number of nitriles is 1. The number of hydrogen-bond donors (Lipinski definition) is 3. The number of hydrogen-bond acceptors (Lipinski definition) is 10. The fraction of sp³-hybridized carbons (Fsp3) is 0.367. The van der Waals surface area contributed by atoms with E-state index in [4.69, 9.17) is 21.7 Å². The lowest BCUT2D eigenvalue weighted by atomic mass is 9.85. The number of β-amino-alcohol motifs (C(OH)–C–C–N with tert-alkyl or cyclic N) is 1. The number of alkyl halides is 3. The molecule has 0 aliphatic carbocycles. The lowest BCUT2D eigenvalue weighted by Crippen LogP contribution is -2.55. The van der Waals surface area contributed by atoms with E-state index in [1.165, 1.54) is 48.0 Å². The maximum atomic E-state index is 15.4. The van der Waals surface area contributed by atoms with Crippen LogP contribution in [0.25, 0.3) is 22.5 Å². The topological polar surface area (TPSA) is 177 Å². The number of unbranched alkanes of at least 4 members (excludes halogenated alkanes) is 1. The van der Waals surface area contributed by atoms with Gasteiger partial charge in [-0.3, -0.25) is 24.3 Å². The van der Waals surface area contributed by atoms with Crippen molar-refractivity contribution in [3.05, 3.63) is 114 Å². The molecule has 2 saturated heterocycles. The smallest absolute Gasteiger partial charge is 0.420 e. The first-order chi connectivity index (χ1) is 32.6. The number of amides is 3. The Morgan fingerprint density at radius 1 is 0.986 bits per heavy atom. The van der Waals surface area contributed by atoms with E-state index in [2.05, 4.69) is 20.3 Å². The molecule has 69 heavy (non-hydrogen) atoms. The first kappa shape index (κ1) is 50.1. The fourth-order valence-corrected chi connectivity index (χ4v) is 8.75. The minimum atomic E-state index is -5.20. The van der Waals surface area contributed by atoms with Gasteiger partial charge in [0.25, 0.3) is 5.91 Å². The number of thiocarbonyl (C=S) groups is 1. The van der Waals surface area contributed by atoms with E-state index in [1.54, 1.807) is 54.7 Å². The zero-order valence-electron chi connectivity index (χ0n) is 38.2. The van der Waals surface area contributed by atoms with Crippen LogP contribution >= 0.6 is 12.2 Å². The summed E-state index contributed by atoms with van der Waals surface area (Å²) in [5.74, 6) is -2.71. The van der Waals surface area contributed by atoms with E-state index < -0.39 is 69.8 Å². The largest absolute Gasteiger partial charge is 0.494 e. The van der Waals surface area contributed by atoms with E-state index in [0.717, 1.165) is 17.7 Å². The Hall–Kier alpha value is -6.82. The zero-order chi connectivity index (χ0) is 50.0. The molecular formula is C49H49F5N8O6S. The number of benzene rings is 3. The number of carbonyl (C=O) groups excluding carboxylic acids is 3. The number of nitrogens with one attached hydrogen (secondary N) is 2. The predicted octanol–water partition coefficient (Wildman–Crippen LogP) is 8.27. The van der Waals surface area contributed by atoms with Gasteiger partial charge in [-0.2, -0.15) is 18.4 Å². The van der Waals surface area contributed by atoms with Crippen molar-refractivity contribution in [2.45, 2.75) is 83.8 Å². The molecule has 5 aromatic rings. The van der Waals surface area contributed by atoms with Crippen LogP contribution in [-0.4, -0.2) is 91.8 Å². The van der Waals surface area contributed by atoms with Crippen molar-refractivity contribution in [3.8, 4) is 34.3 Å². The van der Waals surface area contributed by atoms with Crippen molar-refractivity contribution in [3.63, 3.8) is 0 Å². The van der Waals surface area contributed by atoms with Gasteiger partial charge >= 0.3 is 6.18 Å². The Balaban J connectivity index is 0.868. The average Bonchev–Trinajstić information content (AvgIpc) is 3.99. The molecule has 2 aliphatic heterocycles. The third kappa shape index (κ3) is 10.8. The quantitative estimate of drug-likeness (QED) is 0.0523. The summed E-state index contributed by atoms with van der Waals surface area (Å²) in [6.45, 7) is 8.92. The molecule has 2 aromatic heterocycles. The standard InChI is InChI=1S/C49H49F5N8O6S/c1-47(2,3)42(44(65)60-26-33(63)22-38(60)43-57-25-36(58-43)29-8-13-31(50)14-9-29)59-39(64)27-67-20-6-7-21-68-34-16-10-28(11-17-34)35-18-15-32(24-56-35)62-46(69)61(45(66)48(62,4)5)37-19-12-30(23-55)40(41(37)51)49(52,53)54/h8-19,24-25,33,38,42,63H,6-7,20-22,26-27H2,1-5H3,(H,57,58)(H,59,64)/t33-,38+,42-/m1/s1. The van der Waals surface area contributed by atoms with E-state index in [9.17, 15) is 42.3 Å². The van der Waals surface area contributed by atoms with Crippen LogP contribution in [0, 0.1) is 28.4 Å². The molecule has 0 saturated carbocycles. The van der Waals surface area contributed by atoms with Crippen LogP contribution in [0.15, 0.2) is 85.2 Å². The van der Waals surface area contributed by atoms with Crippen molar-refractivity contribution >= 4 is 46.4 Å². The highest BCUT2D eigenvalue weighted by atomic mass is 32.1. The fourth-order valence-electron chi connectivity index (χ4n) is 8.23. The van der Waals surface area contributed by atoms with Crippen LogP contribution in [0.2, 0.25) is 0 Å². The summed E-state index contributed by atoms with van der Waals surface area (Å²) in [4.78, 5) is 56.5. The number of imidazole rings is 1. The Morgan fingerprint density at radius 2 is 1.65 bits per heavy atom. The van der Waals surface area contributed by atoms with Gasteiger partial charge in [0.05, 0.1) is 59.3 Å². The Labute approximate surface area is 400 Å². The number of H-pyrrole nitrogens is 1. The number of likely N-dealkylation sites (tertiary alicyclic amines) is 1. The van der Waals surface area contributed by atoms with Gasteiger partial charge in [-0.15, -0.1) is 0 Å². The minimum absolute atomic E-state index is 0.0606. The molecule has 0 unspecified atom stereocenters. The van der Waals surface area contributed by atoms with E-state index in [-0.39, 0.29) is 43.0 Å². The monoisotopic (exact) mass is 972 g/mol. The molecule has 20 heteroatoms. The number of carbonyl (C=O) groups is 3. The molecule has 0 bridgehead atoms. The highest BCUT2D eigenvalue weighted by molar-refractivity contribution is 7.81. The Bertz CT molecular complexity index is 2760. The first-order valence-electron chi connectivity index (χ1n) is 21.9. The van der Waals surface area contributed by atoms with Gasteiger partial charge in [0.2, 0.25) is 11.8 Å². The number of ether oxygens (including phenoxy) is 2. The number of pyridine rings is 1. The van der Waals surface area contributed by atoms with Crippen LogP contribution in [-0.2, 0) is 25.3 Å². The summed E-state index contributed by atoms with van der Waals surface area (Å²) in [6.07, 6.45) is -1.44. The van der Waals surface area contributed by atoms with Gasteiger partial charge in [-0.25, -0.2) is 13.8 Å². The van der Waals surface area contributed by atoms with Gasteiger partial charge in [-0.05, 0) is 117 Å². The summed E-state index contributed by atoms with van der Waals surface area (Å²) in [7, 11) is 0. The van der Waals surface area contributed by atoms with Crippen LogP contribution in [0.5, 0.6) is 5.75 Å². The molecule has 2 aliphatic rings. The third-order valence-corrected chi connectivity index (χ3v) is 12.2. The zero-order valence-corrected chi connectivity index (χ0v) is 39.1. The molecule has 3 amide bonds. The number of rotatable bonds is 15. The lowest BCUT2D eigenvalue weighted by molar-refractivity contribution is -0.141. The predicted molar refractivity (Wildman–Crippen MR) is 248 cm³/mol.